The van der Waals surface area contributed by atoms with Gasteiger partial charge in [-0.3, -0.25) is 0 Å². The summed E-state index contributed by atoms with van der Waals surface area (Å²) in [4.78, 5) is 5.78. The van der Waals surface area contributed by atoms with Crippen LogP contribution in [-0.2, 0) is 29.2 Å². The van der Waals surface area contributed by atoms with Crippen LogP contribution in [0.4, 0.5) is 0 Å². The highest BCUT2D eigenvalue weighted by Crippen LogP contribution is 2.20. The van der Waals surface area contributed by atoms with E-state index in [1.165, 1.54) is 17.7 Å². The number of methoxy groups -OCH3 is 2. The Kier molecular flexibility index (Phi) is 7.35. The van der Waals surface area contributed by atoms with Crippen molar-refractivity contribution in [3.05, 3.63) is 15.6 Å². The number of thiazole rings is 1. The van der Waals surface area contributed by atoms with Crippen LogP contribution in [-0.4, -0.2) is 25.7 Å². The minimum absolute atomic E-state index is 0.574. The summed E-state index contributed by atoms with van der Waals surface area (Å²) in [6, 6.07) is 0. The van der Waals surface area contributed by atoms with Crippen molar-refractivity contribution < 1.29 is 9.47 Å². The van der Waals surface area contributed by atoms with Crippen LogP contribution in [0.15, 0.2) is 0 Å². The zero-order valence-electron chi connectivity index (χ0n) is 10.9. The molecule has 0 aliphatic rings. The first-order chi connectivity index (χ1) is 8.31. The lowest BCUT2D eigenvalue weighted by molar-refractivity contribution is 0.176. The fourth-order valence-corrected chi connectivity index (χ4v) is 2.53. The Labute approximate surface area is 107 Å². The van der Waals surface area contributed by atoms with Gasteiger partial charge in [0.1, 0.15) is 5.01 Å². The van der Waals surface area contributed by atoms with Gasteiger partial charge in [0.05, 0.1) is 18.9 Å². The van der Waals surface area contributed by atoms with Crippen molar-refractivity contribution in [2.24, 2.45) is 0 Å². The lowest BCUT2D eigenvalue weighted by Gasteiger charge is -2.03. The molecule has 0 saturated carbocycles. The zero-order valence-corrected chi connectivity index (χ0v) is 11.7. The van der Waals surface area contributed by atoms with Crippen LogP contribution < -0.4 is 5.32 Å². The van der Waals surface area contributed by atoms with Crippen molar-refractivity contribution in [2.45, 2.75) is 39.5 Å². The molecule has 0 aliphatic carbocycles. The lowest BCUT2D eigenvalue weighted by Crippen LogP contribution is -2.14. The summed E-state index contributed by atoms with van der Waals surface area (Å²) in [6.07, 6.45) is 2.43. The molecule has 0 fully saturated rings. The summed E-state index contributed by atoms with van der Waals surface area (Å²) in [5.74, 6) is 0. The van der Waals surface area contributed by atoms with E-state index >= 15 is 0 Å². The Bertz CT molecular complexity index is 315. The van der Waals surface area contributed by atoms with E-state index in [4.69, 9.17) is 9.47 Å². The van der Waals surface area contributed by atoms with Crippen molar-refractivity contribution in [1.82, 2.24) is 10.3 Å². The maximum atomic E-state index is 5.16. The quantitative estimate of drug-likeness (QED) is 0.690. The van der Waals surface area contributed by atoms with Crippen molar-refractivity contribution in [1.29, 1.82) is 0 Å². The average Bonchev–Trinajstić information content (AvgIpc) is 2.68. The first kappa shape index (κ1) is 14.6. The minimum atomic E-state index is 0.574. The molecule has 1 aromatic rings. The molecule has 0 aromatic carbocycles. The highest BCUT2D eigenvalue weighted by molar-refractivity contribution is 7.11. The molecule has 17 heavy (non-hydrogen) atoms. The molecule has 1 N–H and O–H groups in total. The molecular weight excluding hydrogens is 236 g/mol. The lowest BCUT2D eigenvalue weighted by atomic mass is 10.3. The molecule has 0 spiro atoms. The fraction of sp³-hybridized carbons (Fsp3) is 0.750. The van der Waals surface area contributed by atoms with Crippen molar-refractivity contribution in [3.8, 4) is 0 Å². The third-order valence-electron chi connectivity index (χ3n) is 2.36. The van der Waals surface area contributed by atoms with E-state index in [0.717, 1.165) is 23.8 Å². The predicted octanol–water partition coefficient (Wildman–Crippen LogP) is 2.33. The van der Waals surface area contributed by atoms with Crippen LogP contribution in [0.3, 0.4) is 0 Å². The number of hydrogen-bond acceptors (Lipinski definition) is 5. The van der Waals surface area contributed by atoms with Gasteiger partial charge in [-0.1, -0.05) is 13.3 Å². The molecule has 5 heteroatoms. The summed E-state index contributed by atoms with van der Waals surface area (Å²) in [5.41, 5.74) is 1.04. The standard InChI is InChI=1S/C12H22N2O2S/c1-4-5-6-13-7-11-10(8-15-2)14-12(17-11)9-16-3/h13H,4-9H2,1-3H3. The summed E-state index contributed by atoms with van der Waals surface area (Å²) in [7, 11) is 3.39. The number of rotatable bonds is 9. The van der Waals surface area contributed by atoms with Gasteiger partial charge in [0.2, 0.25) is 0 Å². The second kappa shape index (κ2) is 8.58. The van der Waals surface area contributed by atoms with E-state index in [0.29, 0.717) is 13.2 Å². The topological polar surface area (TPSA) is 43.4 Å². The molecule has 0 saturated heterocycles. The van der Waals surface area contributed by atoms with Crippen molar-refractivity contribution >= 4 is 11.3 Å². The molecule has 98 valence electrons. The normalized spacial score (nSPS) is 11.0. The molecular formula is C12H22N2O2S. The number of aromatic nitrogens is 1. The van der Waals surface area contributed by atoms with Crippen LogP contribution >= 0.6 is 11.3 Å². The summed E-state index contributed by atoms with van der Waals surface area (Å²) in [6.45, 7) is 5.28. The molecule has 0 unspecified atom stereocenters. The number of unbranched alkanes of at least 4 members (excludes halogenated alkanes) is 1. The molecule has 0 aliphatic heterocycles. The Balaban J connectivity index is 2.54. The molecule has 1 heterocycles. The highest BCUT2D eigenvalue weighted by Gasteiger charge is 2.10. The van der Waals surface area contributed by atoms with E-state index in [9.17, 15) is 0 Å². The second-order valence-electron chi connectivity index (χ2n) is 3.87. The first-order valence-electron chi connectivity index (χ1n) is 5.97. The smallest absolute Gasteiger partial charge is 0.119 e. The molecule has 4 nitrogen and oxygen atoms in total. The Hall–Kier alpha value is -0.490. The summed E-state index contributed by atoms with van der Waals surface area (Å²) in [5, 5.41) is 4.45. The van der Waals surface area contributed by atoms with E-state index in [2.05, 4.69) is 17.2 Å². The average molecular weight is 258 g/mol. The first-order valence-corrected chi connectivity index (χ1v) is 6.79. The maximum Gasteiger partial charge on any atom is 0.119 e. The van der Waals surface area contributed by atoms with Crippen molar-refractivity contribution in [3.63, 3.8) is 0 Å². The molecule has 0 amide bonds. The van der Waals surface area contributed by atoms with Gasteiger partial charge >= 0.3 is 0 Å². The van der Waals surface area contributed by atoms with Crippen LogP contribution in [0, 0.1) is 0 Å². The van der Waals surface area contributed by atoms with Crippen molar-refractivity contribution in [2.75, 3.05) is 20.8 Å². The van der Waals surface area contributed by atoms with Gasteiger partial charge in [0, 0.05) is 25.6 Å². The number of nitrogens with zero attached hydrogens (tertiary/aromatic N) is 1. The van der Waals surface area contributed by atoms with Gasteiger partial charge in [-0.25, -0.2) is 4.98 Å². The van der Waals surface area contributed by atoms with Crippen LogP contribution in [0.25, 0.3) is 0 Å². The molecule has 1 rings (SSSR count). The van der Waals surface area contributed by atoms with E-state index in [1.54, 1.807) is 25.6 Å². The number of hydrogen-bond donors (Lipinski definition) is 1. The van der Waals surface area contributed by atoms with E-state index in [1.807, 2.05) is 0 Å². The van der Waals surface area contributed by atoms with Gasteiger partial charge in [-0.05, 0) is 13.0 Å². The summed E-state index contributed by atoms with van der Waals surface area (Å²) >= 11 is 1.70. The van der Waals surface area contributed by atoms with E-state index in [-0.39, 0.29) is 0 Å². The zero-order chi connectivity index (χ0) is 12.5. The van der Waals surface area contributed by atoms with Crippen LogP contribution in [0.1, 0.15) is 35.3 Å². The molecule has 1 aromatic heterocycles. The Morgan fingerprint density at radius 3 is 2.65 bits per heavy atom. The SMILES string of the molecule is CCCCNCc1sc(COC)nc1COC. The predicted molar refractivity (Wildman–Crippen MR) is 70.2 cm³/mol. The third kappa shape index (κ3) is 5.12. The summed E-state index contributed by atoms with van der Waals surface area (Å²) < 4.78 is 10.3. The van der Waals surface area contributed by atoms with Gasteiger partial charge < -0.3 is 14.8 Å². The Morgan fingerprint density at radius 2 is 2.00 bits per heavy atom. The molecule has 0 bridgehead atoms. The van der Waals surface area contributed by atoms with Crippen LogP contribution in [0.2, 0.25) is 0 Å². The maximum absolute atomic E-state index is 5.16. The largest absolute Gasteiger partial charge is 0.378 e. The highest BCUT2D eigenvalue weighted by atomic mass is 32.1. The number of nitrogens with one attached hydrogen (secondary N) is 1. The minimum Gasteiger partial charge on any atom is -0.378 e. The fourth-order valence-electron chi connectivity index (χ4n) is 1.51. The van der Waals surface area contributed by atoms with Gasteiger partial charge in [0.15, 0.2) is 0 Å². The van der Waals surface area contributed by atoms with E-state index < -0.39 is 0 Å². The monoisotopic (exact) mass is 258 g/mol. The number of ether oxygens (including phenoxy) is 2. The Morgan fingerprint density at radius 1 is 1.24 bits per heavy atom. The van der Waals surface area contributed by atoms with Gasteiger partial charge in [-0.2, -0.15) is 0 Å². The van der Waals surface area contributed by atoms with Gasteiger partial charge in [0.25, 0.3) is 0 Å². The van der Waals surface area contributed by atoms with Crippen LogP contribution in [0.5, 0.6) is 0 Å². The molecule has 0 radical (unpaired) electrons. The van der Waals surface area contributed by atoms with Gasteiger partial charge in [-0.15, -0.1) is 11.3 Å². The molecule has 0 atom stereocenters. The third-order valence-corrected chi connectivity index (χ3v) is 3.44. The second-order valence-corrected chi connectivity index (χ2v) is 5.04.